The highest BCUT2D eigenvalue weighted by Crippen LogP contribution is 2.54. The maximum absolute atomic E-state index is 13.3. The van der Waals surface area contributed by atoms with Crippen LogP contribution in [-0.4, -0.2) is 30.9 Å². The van der Waals surface area contributed by atoms with Crippen LogP contribution in [0.1, 0.15) is 10.4 Å². The normalized spacial score (nSPS) is 13.4. The molecule has 0 saturated carbocycles. The zero-order valence-electron chi connectivity index (χ0n) is 17.2. The molecule has 0 aliphatic rings. The van der Waals surface area contributed by atoms with Crippen molar-refractivity contribution >= 4 is 38.7 Å². The van der Waals surface area contributed by atoms with Crippen LogP contribution in [0.4, 0.5) is 0 Å². The highest BCUT2D eigenvalue weighted by Gasteiger charge is 2.40. The molecule has 1 rings (SSSR count). The molecule has 6 nitrogen and oxygen atoms in total. The smallest absolute Gasteiger partial charge is 0.510 e. The monoisotopic (exact) mass is 434 g/mol. The van der Waals surface area contributed by atoms with E-state index in [4.69, 9.17) is 17.4 Å². The molecule has 1 aromatic rings. The lowest BCUT2D eigenvalue weighted by atomic mass is 10.2. The number of benzene rings is 1. The molecule has 0 amide bonds. The van der Waals surface area contributed by atoms with Crippen molar-refractivity contribution < 1.29 is 26.7 Å². The summed E-state index contributed by atoms with van der Waals surface area (Å²) in [4.78, 5) is 12.5. The molecule has 0 heterocycles. The van der Waals surface area contributed by atoms with Gasteiger partial charge in [-0.15, -0.1) is 0 Å². The molecular formula is C16H31O6PSi3. The Morgan fingerprint density at radius 3 is 1.69 bits per heavy atom. The lowest BCUT2D eigenvalue weighted by Gasteiger charge is -2.30. The fourth-order valence-electron chi connectivity index (χ4n) is 1.90. The number of carbonyl (C=O) groups is 1. The van der Waals surface area contributed by atoms with Crippen molar-refractivity contribution in [2.24, 2.45) is 0 Å². The van der Waals surface area contributed by atoms with Gasteiger partial charge >= 0.3 is 13.8 Å². The molecule has 26 heavy (non-hydrogen) atoms. The van der Waals surface area contributed by atoms with Gasteiger partial charge in [-0.1, -0.05) is 12.1 Å². The topological polar surface area (TPSA) is 71.1 Å². The first-order valence-corrected chi connectivity index (χ1v) is 20.2. The molecule has 0 aromatic heterocycles. The molecular weight excluding hydrogens is 403 g/mol. The Morgan fingerprint density at radius 1 is 0.808 bits per heavy atom. The molecule has 0 radical (unpaired) electrons. The summed E-state index contributed by atoms with van der Waals surface area (Å²) in [5.41, 5.74) is 0.216. The average molecular weight is 435 g/mol. The summed E-state index contributed by atoms with van der Waals surface area (Å²) in [6, 6.07) is 6.57. The first-order valence-electron chi connectivity index (χ1n) is 8.53. The minimum Gasteiger partial charge on any atom is -0.516 e. The third kappa shape index (κ3) is 8.79. The van der Waals surface area contributed by atoms with E-state index in [1.165, 1.54) is 0 Å². The Balaban J connectivity index is 3.24. The first kappa shape index (κ1) is 23.3. The Hall–Kier alpha value is -0.709. The molecule has 0 aliphatic carbocycles. The number of phosphoric acid groups is 1. The van der Waals surface area contributed by atoms with Crippen molar-refractivity contribution in [2.75, 3.05) is 0 Å². The van der Waals surface area contributed by atoms with Crippen LogP contribution in [0.3, 0.4) is 0 Å². The Labute approximate surface area is 160 Å². The molecule has 0 spiro atoms. The van der Waals surface area contributed by atoms with E-state index in [0.29, 0.717) is 0 Å². The average Bonchev–Trinajstić information content (AvgIpc) is 2.31. The summed E-state index contributed by atoms with van der Waals surface area (Å²) in [6.07, 6.45) is 0. The molecule has 0 bridgehead atoms. The molecule has 10 heteroatoms. The zero-order valence-corrected chi connectivity index (χ0v) is 21.1. The molecule has 0 N–H and O–H groups in total. The second-order valence-electron chi connectivity index (χ2n) is 8.94. The van der Waals surface area contributed by atoms with Crippen LogP contribution in [0, 0.1) is 0 Å². The van der Waals surface area contributed by atoms with Crippen molar-refractivity contribution in [3.8, 4) is 5.75 Å². The van der Waals surface area contributed by atoms with Crippen LogP contribution in [0.5, 0.6) is 5.75 Å². The van der Waals surface area contributed by atoms with Gasteiger partial charge in [-0.2, -0.15) is 0 Å². The highest BCUT2D eigenvalue weighted by atomic mass is 31.2. The standard InChI is InChI=1S/C16H31O6PSi3/c1-24(2,3)20-16(17)14-12-10-11-13-15(14)19-23(18,21-25(4,5)6)22-26(7,8)9/h10-13H,1-9H3. The lowest BCUT2D eigenvalue weighted by Crippen LogP contribution is -2.31. The van der Waals surface area contributed by atoms with Gasteiger partial charge in [-0.05, 0) is 71.1 Å². The predicted octanol–water partition coefficient (Wildman–Crippen LogP) is 5.87. The van der Waals surface area contributed by atoms with E-state index >= 15 is 0 Å². The van der Waals surface area contributed by atoms with Gasteiger partial charge in [0.2, 0.25) is 8.32 Å². The first-order chi connectivity index (χ1) is 11.5. The van der Waals surface area contributed by atoms with Crippen molar-refractivity contribution in [2.45, 2.75) is 58.9 Å². The minimum atomic E-state index is -3.88. The molecule has 148 valence electrons. The van der Waals surface area contributed by atoms with E-state index in [1.54, 1.807) is 24.3 Å². The summed E-state index contributed by atoms with van der Waals surface area (Å²) in [5, 5.41) is 0. The van der Waals surface area contributed by atoms with Gasteiger partial charge in [-0.25, -0.2) is 9.36 Å². The number of hydrogen-bond acceptors (Lipinski definition) is 6. The molecule has 0 fully saturated rings. The van der Waals surface area contributed by atoms with Crippen molar-refractivity contribution in [1.82, 2.24) is 0 Å². The Bertz CT molecular complexity index is 668. The van der Waals surface area contributed by atoms with Crippen LogP contribution >= 0.6 is 7.82 Å². The van der Waals surface area contributed by atoms with E-state index in [1.807, 2.05) is 58.9 Å². The van der Waals surface area contributed by atoms with Crippen molar-refractivity contribution in [3.63, 3.8) is 0 Å². The van der Waals surface area contributed by atoms with Gasteiger partial charge in [0.15, 0.2) is 16.6 Å². The second-order valence-corrected chi connectivity index (χ2v) is 24.4. The van der Waals surface area contributed by atoms with Crippen LogP contribution < -0.4 is 4.52 Å². The molecule has 0 atom stereocenters. The van der Waals surface area contributed by atoms with Gasteiger partial charge in [0.25, 0.3) is 0 Å². The minimum absolute atomic E-state index is 0.149. The Kier molecular flexibility index (Phi) is 7.28. The fourth-order valence-corrected chi connectivity index (χ4v) is 9.11. The number of hydrogen-bond donors (Lipinski definition) is 0. The molecule has 1 aromatic carbocycles. The molecule has 0 saturated heterocycles. The van der Waals surface area contributed by atoms with E-state index in [2.05, 4.69) is 0 Å². The third-order valence-corrected chi connectivity index (χ3v) is 9.88. The third-order valence-electron chi connectivity index (χ3n) is 2.49. The second kappa shape index (κ2) is 8.12. The molecule has 0 unspecified atom stereocenters. The van der Waals surface area contributed by atoms with Crippen LogP contribution in [0.15, 0.2) is 24.3 Å². The van der Waals surface area contributed by atoms with Crippen molar-refractivity contribution in [1.29, 1.82) is 0 Å². The fraction of sp³-hybridized carbons (Fsp3) is 0.562. The maximum Gasteiger partial charge on any atom is 0.510 e. The van der Waals surface area contributed by atoms with Crippen LogP contribution in [-0.2, 0) is 17.4 Å². The van der Waals surface area contributed by atoms with E-state index in [-0.39, 0.29) is 11.3 Å². The zero-order chi connectivity index (χ0) is 20.4. The van der Waals surface area contributed by atoms with E-state index < -0.39 is 38.7 Å². The summed E-state index contributed by atoms with van der Waals surface area (Å²) < 4.78 is 36.2. The van der Waals surface area contributed by atoms with Crippen LogP contribution in [0.25, 0.3) is 0 Å². The summed E-state index contributed by atoms with van der Waals surface area (Å²) >= 11 is 0. The molecule has 0 aliphatic heterocycles. The number of para-hydroxylation sites is 1. The van der Waals surface area contributed by atoms with Crippen LogP contribution in [0.2, 0.25) is 58.9 Å². The van der Waals surface area contributed by atoms with Gasteiger partial charge < -0.3 is 17.4 Å². The SMILES string of the molecule is C[Si](C)(C)OC(=O)c1ccccc1OP(=O)(O[Si](C)(C)C)O[Si](C)(C)C. The van der Waals surface area contributed by atoms with Gasteiger partial charge in [0, 0.05) is 0 Å². The van der Waals surface area contributed by atoms with E-state index in [0.717, 1.165) is 0 Å². The lowest BCUT2D eigenvalue weighted by molar-refractivity contribution is 0.0722. The highest BCUT2D eigenvalue weighted by molar-refractivity contribution is 7.52. The van der Waals surface area contributed by atoms with Gasteiger partial charge in [0.05, 0.1) is 0 Å². The van der Waals surface area contributed by atoms with Crippen molar-refractivity contribution in [3.05, 3.63) is 29.8 Å². The van der Waals surface area contributed by atoms with Gasteiger partial charge in [0.1, 0.15) is 11.3 Å². The summed E-state index contributed by atoms with van der Waals surface area (Å²) in [7, 11) is -10.4. The maximum atomic E-state index is 13.3. The Morgan fingerprint density at radius 2 is 1.27 bits per heavy atom. The summed E-state index contributed by atoms with van der Waals surface area (Å²) in [6.45, 7) is 17.2. The van der Waals surface area contributed by atoms with Gasteiger partial charge in [-0.3, -0.25) is 0 Å². The number of rotatable bonds is 8. The van der Waals surface area contributed by atoms with E-state index in [9.17, 15) is 9.36 Å². The summed E-state index contributed by atoms with van der Waals surface area (Å²) in [5.74, 6) is -0.345. The quantitative estimate of drug-likeness (QED) is 0.376. The largest absolute Gasteiger partial charge is 0.516 e. The predicted molar refractivity (Wildman–Crippen MR) is 112 cm³/mol. The number of carbonyl (C=O) groups excluding carboxylic acids is 1.